The minimum atomic E-state index is 0.729. The van der Waals surface area contributed by atoms with Crippen LogP contribution in [0.25, 0.3) is 0 Å². The Hall–Kier alpha value is -1.58. The van der Waals surface area contributed by atoms with Gasteiger partial charge < -0.3 is 4.90 Å². The number of aldehydes is 1. The lowest BCUT2D eigenvalue weighted by Gasteiger charge is -2.24. The van der Waals surface area contributed by atoms with Crippen molar-refractivity contribution in [3.05, 3.63) is 65.2 Å². The molecule has 2 aromatic rings. The fourth-order valence-electron chi connectivity index (χ4n) is 2.21. The molecule has 0 fully saturated rings. The fraction of sp³-hybridized carbons (Fsp3) is 0.235. The summed E-state index contributed by atoms with van der Waals surface area (Å²) in [6.07, 6.45) is 2.00. The molecule has 1 aliphatic rings. The van der Waals surface area contributed by atoms with Crippen LogP contribution in [0, 0.1) is 0 Å². The predicted octanol–water partition coefficient (Wildman–Crippen LogP) is 3.46. The van der Waals surface area contributed by atoms with Crippen LogP contribution in [0.4, 0.5) is 0 Å². The number of carbonyl (C=O) groups is 1. The quantitative estimate of drug-likeness (QED) is 0.639. The molecule has 3 heteroatoms. The zero-order chi connectivity index (χ0) is 14.4. The van der Waals surface area contributed by atoms with Gasteiger partial charge in [-0.2, -0.15) is 0 Å². The van der Waals surface area contributed by atoms with E-state index in [4.69, 9.17) is 0 Å². The number of hydrogen-bond donors (Lipinski definition) is 1. The smallest absolute Gasteiger partial charge is 0.150 e. The molecule has 0 saturated heterocycles. The first-order valence-electron chi connectivity index (χ1n) is 6.68. The molecule has 104 valence electrons. The number of benzene rings is 2. The van der Waals surface area contributed by atoms with Gasteiger partial charge in [-0.1, -0.05) is 36.4 Å². The standard InChI is InChI=1S/C10H13NS.C7H6O/c1-11-5-4-8-6-10(12)3-2-9(8)7-11;8-6-7-4-2-1-3-5-7/h2-3,6,12H,4-5,7H2,1H3;1-6H. The molecule has 0 atom stereocenters. The Kier molecular flexibility index (Phi) is 5.39. The molecule has 1 aliphatic heterocycles. The number of nitrogens with zero attached hydrogens (tertiary/aromatic N) is 1. The number of hydrogen-bond acceptors (Lipinski definition) is 3. The van der Waals surface area contributed by atoms with Crippen molar-refractivity contribution in [3.63, 3.8) is 0 Å². The molecule has 0 radical (unpaired) electrons. The first-order chi connectivity index (χ1) is 9.69. The van der Waals surface area contributed by atoms with E-state index in [2.05, 4.69) is 42.8 Å². The van der Waals surface area contributed by atoms with Gasteiger partial charge >= 0.3 is 0 Å². The summed E-state index contributed by atoms with van der Waals surface area (Å²) in [5.74, 6) is 0. The lowest BCUT2D eigenvalue weighted by atomic mass is 10.0. The minimum Gasteiger partial charge on any atom is -0.302 e. The van der Waals surface area contributed by atoms with Crippen LogP contribution in [0.2, 0.25) is 0 Å². The van der Waals surface area contributed by atoms with Crippen molar-refractivity contribution in [1.82, 2.24) is 4.90 Å². The molecule has 0 saturated carbocycles. The van der Waals surface area contributed by atoms with Gasteiger partial charge in [0.2, 0.25) is 0 Å². The summed E-state index contributed by atoms with van der Waals surface area (Å²) in [5, 5.41) is 0. The summed E-state index contributed by atoms with van der Waals surface area (Å²) in [6.45, 7) is 2.26. The molecule has 2 aromatic carbocycles. The van der Waals surface area contributed by atoms with Gasteiger partial charge in [0.1, 0.15) is 6.29 Å². The minimum absolute atomic E-state index is 0.729. The Morgan fingerprint density at radius 3 is 2.50 bits per heavy atom. The summed E-state index contributed by atoms with van der Waals surface area (Å²) in [4.78, 5) is 13.4. The average Bonchev–Trinajstić information content (AvgIpc) is 2.49. The van der Waals surface area contributed by atoms with E-state index in [9.17, 15) is 4.79 Å². The molecule has 0 unspecified atom stereocenters. The Morgan fingerprint density at radius 2 is 1.85 bits per heavy atom. The third-order valence-corrected chi connectivity index (χ3v) is 3.61. The van der Waals surface area contributed by atoms with Gasteiger partial charge in [-0.25, -0.2) is 0 Å². The Labute approximate surface area is 125 Å². The maximum atomic E-state index is 10.0. The maximum Gasteiger partial charge on any atom is 0.150 e. The van der Waals surface area contributed by atoms with Crippen molar-refractivity contribution >= 4 is 18.9 Å². The summed E-state index contributed by atoms with van der Waals surface area (Å²) in [5.41, 5.74) is 3.66. The van der Waals surface area contributed by atoms with Crippen LogP contribution in [0.5, 0.6) is 0 Å². The Morgan fingerprint density at radius 1 is 1.10 bits per heavy atom. The molecule has 0 amide bonds. The van der Waals surface area contributed by atoms with Crippen molar-refractivity contribution < 1.29 is 4.79 Å². The summed E-state index contributed by atoms with van der Waals surface area (Å²) >= 11 is 4.33. The van der Waals surface area contributed by atoms with Crippen molar-refractivity contribution in [1.29, 1.82) is 0 Å². The highest BCUT2D eigenvalue weighted by Crippen LogP contribution is 2.20. The van der Waals surface area contributed by atoms with E-state index in [0.29, 0.717) is 0 Å². The van der Waals surface area contributed by atoms with Crippen LogP contribution in [0.1, 0.15) is 21.5 Å². The first-order valence-corrected chi connectivity index (χ1v) is 7.13. The molecule has 0 aromatic heterocycles. The van der Waals surface area contributed by atoms with E-state index < -0.39 is 0 Å². The highest BCUT2D eigenvalue weighted by Gasteiger charge is 2.11. The van der Waals surface area contributed by atoms with Gasteiger partial charge in [0.15, 0.2) is 0 Å². The summed E-state index contributed by atoms with van der Waals surface area (Å²) in [6, 6.07) is 15.5. The third-order valence-electron chi connectivity index (χ3n) is 3.33. The van der Waals surface area contributed by atoms with Crippen molar-refractivity contribution in [3.8, 4) is 0 Å². The lowest BCUT2D eigenvalue weighted by molar-refractivity contribution is 0.112. The second-order valence-corrected chi connectivity index (χ2v) is 5.49. The molecule has 0 aliphatic carbocycles. The fourth-order valence-corrected chi connectivity index (χ4v) is 2.44. The van der Waals surface area contributed by atoms with Gasteiger partial charge in [-0.15, -0.1) is 12.6 Å². The maximum absolute atomic E-state index is 10.0. The lowest BCUT2D eigenvalue weighted by Crippen LogP contribution is -2.26. The van der Waals surface area contributed by atoms with Crippen molar-refractivity contribution in [2.24, 2.45) is 0 Å². The molecule has 0 bridgehead atoms. The molecular formula is C17H19NOS. The molecule has 2 nitrogen and oxygen atoms in total. The van der Waals surface area contributed by atoms with E-state index in [-0.39, 0.29) is 0 Å². The van der Waals surface area contributed by atoms with E-state index in [1.165, 1.54) is 24.1 Å². The second kappa shape index (κ2) is 7.27. The normalized spacial score (nSPS) is 13.9. The number of thiol groups is 1. The van der Waals surface area contributed by atoms with Crippen molar-refractivity contribution in [2.45, 2.75) is 17.9 Å². The van der Waals surface area contributed by atoms with E-state index in [1.54, 1.807) is 12.1 Å². The van der Waals surface area contributed by atoms with Gasteiger partial charge in [-0.3, -0.25) is 4.79 Å². The Bertz CT molecular complexity index is 568. The van der Waals surface area contributed by atoms with Crippen LogP contribution in [0.15, 0.2) is 53.4 Å². The third kappa shape index (κ3) is 4.22. The molecule has 3 rings (SSSR count). The number of rotatable bonds is 1. The molecule has 0 spiro atoms. The van der Waals surface area contributed by atoms with Crippen molar-refractivity contribution in [2.75, 3.05) is 13.6 Å². The van der Waals surface area contributed by atoms with Crippen LogP contribution in [-0.2, 0) is 13.0 Å². The van der Waals surface area contributed by atoms with E-state index in [0.717, 1.165) is 23.3 Å². The molecule has 1 heterocycles. The number of carbonyl (C=O) groups excluding carboxylic acids is 1. The largest absolute Gasteiger partial charge is 0.302 e. The van der Waals surface area contributed by atoms with Gasteiger partial charge in [-0.05, 0) is 36.7 Å². The van der Waals surface area contributed by atoms with Crippen LogP contribution < -0.4 is 0 Å². The monoisotopic (exact) mass is 285 g/mol. The highest BCUT2D eigenvalue weighted by atomic mass is 32.1. The predicted molar refractivity (Wildman–Crippen MR) is 85.6 cm³/mol. The van der Waals surface area contributed by atoms with E-state index in [1.807, 2.05) is 18.2 Å². The van der Waals surface area contributed by atoms with Crippen LogP contribution >= 0.6 is 12.6 Å². The number of fused-ring (bicyclic) bond motifs is 1. The van der Waals surface area contributed by atoms with Crippen LogP contribution in [0.3, 0.4) is 0 Å². The first kappa shape index (κ1) is 14.8. The van der Waals surface area contributed by atoms with Crippen LogP contribution in [-0.4, -0.2) is 24.8 Å². The molecular weight excluding hydrogens is 266 g/mol. The topological polar surface area (TPSA) is 20.3 Å². The van der Waals surface area contributed by atoms with Gasteiger partial charge in [0.05, 0.1) is 0 Å². The summed E-state index contributed by atoms with van der Waals surface area (Å²) in [7, 11) is 2.16. The molecule has 20 heavy (non-hydrogen) atoms. The van der Waals surface area contributed by atoms with Gasteiger partial charge in [0.25, 0.3) is 0 Å². The van der Waals surface area contributed by atoms with E-state index >= 15 is 0 Å². The average molecular weight is 285 g/mol. The zero-order valence-corrected chi connectivity index (χ0v) is 12.5. The highest BCUT2D eigenvalue weighted by molar-refractivity contribution is 7.80. The number of likely N-dealkylation sites (N-methyl/N-ethyl adjacent to an activating group) is 1. The van der Waals surface area contributed by atoms with Gasteiger partial charge in [0, 0.05) is 23.5 Å². The zero-order valence-electron chi connectivity index (χ0n) is 11.6. The SMILES string of the molecule is CN1CCc2cc(S)ccc2C1.O=Cc1ccccc1. The summed E-state index contributed by atoms with van der Waals surface area (Å²) < 4.78 is 0. The second-order valence-electron chi connectivity index (χ2n) is 4.97. The molecule has 0 N–H and O–H groups in total. The Balaban J connectivity index is 0.000000160.